The van der Waals surface area contributed by atoms with Gasteiger partial charge in [0, 0.05) is 25.4 Å². The normalized spacial score (nSPS) is 18.0. The molecule has 0 spiro atoms. The Labute approximate surface area is 85.3 Å². The van der Waals surface area contributed by atoms with Gasteiger partial charge in [-0.1, -0.05) is 18.2 Å². The number of benzene rings is 1. The Morgan fingerprint density at radius 1 is 1.07 bits per heavy atom. The zero-order valence-corrected chi connectivity index (χ0v) is 8.46. The van der Waals surface area contributed by atoms with Crippen LogP contribution in [-0.4, -0.2) is 19.8 Å². The number of para-hydroxylation sites is 1. The first-order valence-electron chi connectivity index (χ1n) is 5.36. The monoisotopic (exact) mass is 191 g/mol. The lowest BCUT2D eigenvalue weighted by Crippen LogP contribution is -1.90. The Kier molecular flexibility index (Phi) is 3.41. The van der Waals surface area contributed by atoms with Crippen molar-refractivity contribution in [2.24, 2.45) is 0 Å². The zero-order valence-electron chi connectivity index (χ0n) is 8.46. The van der Waals surface area contributed by atoms with Crippen LogP contribution in [0.1, 0.15) is 18.4 Å². The van der Waals surface area contributed by atoms with Gasteiger partial charge in [-0.15, -0.1) is 0 Å². The minimum Gasteiger partial charge on any atom is -0.384 e. The predicted octanol–water partition coefficient (Wildman–Crippen LogP) is 2.45. The molecule has 0 saturated carbocycles. The van der Waals surface area contributed by atoms with E-state index in [-0.39, 0.29) is 0 Å². The van der Waals surface area contributed by atoms with Crippen LogP contribution in [0.3, 0.4) is 0 Å². The maximum Gasteiger partial charge on any atom is 0.0466 e. The molecule has 2 nitrogen and oxygen atoms in total. The van der Waals surface area contributed by atoms with Gasteiger partial charge in [0.25, 0.3) is 0 Å². The van der Waals surface area contributed by atoms with Gasteiger partial charge < -0.3 is 10.1 Å². The summed E-state index contributed by atoms with van der Waals surface area (Å²) in [7, 11) is 0. The number of ether oxygens (including phenoxy) is 1. The van der Waals surface area contributed by atoms with Gasteiger partial charge in [-0.25, -0.2) is 0 Å². The van der Waals surface area contributed by atoms with Gasteiger partial charge in [0.15, 0.2) is 0 Å². The molecule has 3 rings (SSSR count). The van der Waals surface area contributed by atoms with Gasteiger partial charge >= 0.3 is 0 Å². The number of hydrogen-bond donors (Lipinski definition) is 1. The number of rotatable bonds is 0. The zero-order chi connectivity index (χ0) is 9.64. The van der Waals surface area contributed by atoms with Crippen LogP contribution >= 0.6 is 0 Å². The third kappa shape index (κ3) is 2.48. The molecule has 1 aromatic carbocycles. The molecule has 1 fully saturated rings. The standard InChI is InChI=1S/C8H9N.C4H8O/c1-2-4-8-7(3-1)5-6-9-8;1-2-4-5-3-1/h1-4,9H,5-6H2;1-4H2. The van der Waals surface area contributed by atoms with Crippen LogP contribution < -0.4 is 5.32 Å². The first-order chi connectivity index (χ1) is 6.97. The van der Waals surface area contributed by atoms with E-state index in [9.17, 15) is 0 Å². The van der Waals surface area contributed by atoms with Crippen molar-refractivity contribution in [1.29, 1.82) is 0 Å². The third-order valence-electron chi connectivity index (χ3n) is 2.55. The van der Waals surface area contributed by atoms with Crippen LogP contribution in [-0.2, 0) is 11.2 Å². The average Bonchev–Trinajstić information content (AvgIpc) is 2.92. The fraction of sp³-hybridized carbons (Fsp3) is 0.500. The topological polar surface area (TPSA) is 21.3 Å². The fourth-order valence-electron chi connectivity index (χ4n) is 1.75. The molecule has 2 aliphatic rings. The summed E-state index contributed by atoms with van der Waals surface area (Å²) in [6, 6.07) is 8.46. The SMILES string of the molecule is C1CCOC1.c1ccc2c(c1)CCN2. The number of hydrogen-bond acceptors (Lipinski definition) is 2. The van der Waals surface area contributed by atoms with Crippen LogP contribution in [0.25, 0.3) is 0 Å². The van der Waals surface area contributed by atoms with E-state index in [1.165, 1.54) is 30.5 Å². The molecule has 0 unspecified atom stereocenters. The van der Waals surface area contributed by atoms with Gasteiger partial charge in [0.1, 0.15) is 0 Å². The van der Waals surface area contributed by atoms with Crippen molar-refractivity contribution < 1.29 is 4.74 Å². The van der Waals surface area contributed by atoms with Crippen molar-refractivity contribution in [3.63, 3.8) is 0 Å². The summed E-state index contributed by atoms with van der Waals surface area (Å²) in [6.45, 7) is 3.11. The van der Waals surface area contributed by atoms with Gasteiger partial charge in [-0.2, -0.15) is 0 Å². The van der Waals surface area contributed by atoms with E-state index < -0.39 is 0 Å². The second kappa shape index (κ2) is 5.01. The van der Waals surface area contributed by atoms with E-state index in [1.807, 2.05) is 0 Å². The van der Waals surface area contributed by atoms with E-state index in [2.05, 4.69) is 29.6 Å². The largest absolute Gasteiger partial charge is 0.384 e. The van der Waals surface area contributed by atoms with Crippen LogP contribution in [0.2, 0.25) is 0 Å². The molecule has 0 aliphatic carbocycles. The Balaban J connectivity index is 0.000000128. The van der Waals surface area contributed by atoms with E-state index in [0.29, 0.717) is 0 Å². The Morgan fingerprint density at radius 2 is 1.86 bits per heavy atom. The van der Waals surface area contributed by atoms with Crippen LogP contribution in [0.5, 0.6) is 0 Å². The van der Waals surface area contributed by atoms with E-state index in [0.717, 1.165) is 19.8 Å². The summed E-state index contributed by atoms with van der Waals surface area (Å²) in [5, 5.41) is 3.30. The molecule has 1 N–H and O–H groups in total. The van der Waals surface area contributed by atoms with Crippen molar-refractivity contribution >= 4 is 5.69 Å². The van der Waals surface area contributed by atoms with Crippen molar-refractivity contribution in [2.75, 3.05) is 25.1 Å². The molecule has 76 valence electrons. The van der Waals surface area contributed by atoms with Crippen molar-refractivity contribution in [1.82, 2.24) is 0 Å². The first-order valence-corrected chi connectivity index (χ1v) is 5.36. The summed E-state index contributed by atoms with van der Waals surface area (Å²) in [5.41, 5.74) is 2.77. The summed E-state index contributed by atoms with van der Waals surface area (Å²) >= 11 is 0. The second-order valence-corrected chi connectivity index (χ2v) is 3.65. The summed E-state index contributed by atoms with van der Waals surface area (Å²) < 4.78 is 4.94. The highest BCUT2D eigenvalue weighted by Gasteiger charge is 2.05. The van der Waals surface area contributed by atoms with Crippen molar-refractivity contribution in [2.45, 2.75) is 19.3 Å². The average molecular weight is 191 g/mol. The number of fused-ring (bicyclic) bond motifs is 1. The van der Waals surface area contributed by atoms with Gasteiger partial charge in [-0.05, 0) is 30.9 Å². The minimum absolute atomic E-state index is 1.00. The molecule has 14 heavy (non-hydrogen) atoms. The third-order valence-corrected chi connectivity index (χ3v) is 2.55. The first kappa shape index (κ1) is 9.53. The lowest BCUT2D eigenvalue weighted by molar-refractivity contribution is 0.198. The highest BCUT2D eigenvalue weighted by molar-refractivity contribution is 5.54. The maximum absolute atomic E-state index is 4.94. The molecule has 0 aromatic heterocycles. The molecule has 2 aliphatic heterocycles. The van der Waals surface area contributed by atoms with Crippen LogP contribution in [0, 0.1) is 0 Å². The lowest BCUT2D eigenvalue weighted by Gasteiger charge is -1.94. The maximum atomic E-state index is 4.94. The minimum atomic E-state index is 1.00. The molecular formula is C12H17NO. The van der Waals surface area contributed by atoms with Gasteiger partial charge in [-0.3, -0.25) is 0 Å². The van der Waals surface area contributed by atoms with Crippen molar-refractivity contribution in [3.8, 4) is 0 Å². The predicted molar refractivity (Wildman–Crippen MR) is 58.7 cm³/mol. The molecule has 1 saturated heterocycles. The summed E-state index contributed by atoms with van der Waals surface area (Å²) in [5.74, 6) is 0. The molecule has 2 heterocycles. The molecule has 1 aromatic rings. The van der Waals surface area contributed by atoms with Crippen molar-refractivity contribution in [3.05, 3.63) is 29.8 Å². The number of nitrogens with one attached hydrogen (secondary N) is 1. The summed E-state index contributed by atoms with van der Waals surface area (Å²) in [4.78, 5) is 0. The van der Waals surface area contributed by atoms with Gasteiger partial charge in [0.05, 0.1) is 0 Å². The quantitative estimate of drug-likeness (QED) is 0.680. The Bertz CT molecular complexity index is 251. The van der Waals surface area contributed by atoms with E-state index in [1.54, 1.807) is 0 Å². The smallest absolute Gasteiger partial charge is 0.0466 e. The second-order valence-electron chi connectivity index (χ2n) is 3.65. The van der Waals surface area contributed by atoms with Gasteiger partial charge in [0.2, 0.25) is 0 Å². The fourth-order valence-corrected chi connectivity index (χ4v) is 1.75. The number of anilines is 1. The van der Waals surface area contributed by atoms with Crippen LogP contribution in [0.4, 0.5) is 5.69 Å². The highest BCUT2D eigenvalue weighted by Crippen LogP contribution is 2.19. The Hall–Kier alpha value is -1.02. The van der Waals surface area contributed by atoms with Crippen LogP contribution in [0.15, 0.2) is 24.3 Å². The molecular weight excluding hydrogens is 174 g/mol. The lowest BCUT2D eigenvalue weighted by atomic mass is 10.2. The molecule has 2 heteroatoms. The summed E-state index contributed by atoms with van der Waals surface area (Å²) in [6.07, 6.45) is 3.75. The van der Waals surface area contributed by atoms with E-state index >= 15 is 0 Å². The Morgan fingerprint density at radius 3 is 2.50 bits per heavy atom. The molecule has 0 atom stereocenters. The van der Waals surface area contributed by atoms with E-state index in [4.69, 9.17) is 4.74 Å². The highest BCUT2D eigenvalue weighted by atomic mass is 16.5. The molecule has 0 radical (unpaired) electrons. The molecule has 0 bridgehead atoms. The molecule has 0 amide bonds.